The minimum atomic E-state index is -0.432. The largest absolute Gasteiger partial charge is 0.481 e. The summed E-state index contributed by atoms with van der Waals surface area (Å²) >= 11 is 0. The molecule has 1 amide bonds. The number of likely N-dealkylation sites (tertiary alicyclic amines) is 1. The summed E-state index contributed by atoms with van der Waals surface area (Å²) in [6.45, 7) is 2.68. The monoisotopic (exact) mass is 249 g/mol. The zero-order valence-electron chi connectivity index (χ0n) is 10.8. The van der Waals surface area contributed by atoms with E-state index in [2.05, 4.69) is 0 Å². The Balaban J connectivity index is 2.00. The van der Waals surface area contributed by atoms with Crippen LogP contribution in [0.4, 0.5) is 0 Å². The number of hydrogen-bond donors (Lipinski definition) is 1. The first-order chi connectivity index (χ1) is 8.61. The SMILES string of the molecule is CCC(O)c1ccc(OC2CCN(C)C2=O)cc1. The first kappa shape index (κ1) is 12.9. The molecule has 0 aliphatic carbocycles. The Morgan fingerprint density at radius 3 is 2.61 bits per heavy atom. The van der Waals surface area contributed by atoms with E-state index in [0.717, 1.165) is 18.5 Å². The number of likely N-dealkylation sites (N-methyl/N-ethyl adjacent to an activating group) is 1. The van der Waals surface area contributed by atoms with E-state index in [-0.39, 0.29) is 12.0 Å². The fourth-order valence-corrected chi connectivity index (χ4v) is 2.07. The average Bonchev–Trinajstić information content (AvgIpc) is 2.71. The minimum absolute atomic E-state index is 0.0349. The number of benzene rings is 1. The van der Waals surface area contributed by atoms with Crippen molar-refractivity contribution in [2.75, 3.05) is 13.6 Å². The third kappa shape index (κ3) is 2.64. The van der Waals surface area contributed by atoms with E-state index in [9.17, 15) is 9.90 Å². The second kappa shape index (κ2) is 5.40. The molecule has 98 valence electrons. The van der Waals surface area contributed by atoms with Crippen molar-refractivity contribution in [3.63, 3.8) is 0 Å². The first-order valence-electron chi connectivity index (χ1n) is 6.31. The molecule has 4 nitrogen and oxygen atoms in total. The standard InChI is InChI=1S/C14H19NO3/c1-3-12(16)10-4-6-11(7-5-10)18-13-8-9-15(2)14(13)17/h4-7,12-13,16H,3,8-9H2,1-2H3. The summed E-state index contributed by atoms with van der Waals surface area (Å²) in [6.07, 6.45) is 0.621. The Bertz CT molecular complexity index is 416. The number of ether oxygens (including phenoxy) is 1. The summed E-state index contributed by atoms with van der Waals surface area (Å²) in [6, 6.07) is 7.29. The fraction of sp³-hybridized carbons (Fsp3) is 0.500. The van der Waals surface area contributed by atoms with Crippen LogP contribution in [0, 0.1) is 0 Å². The Kier molecular flexibility index (Phi) is 3.87. The number of aliphatic hydroxyl groups excluding tert-OH is 1. The normalized spacial score (nSPS) is 21.2. The van der Waals surface area contributed by atoms with Gasteiger partial charge in [-0.05, 0) is 24.1 Å². The molecule has 1 saturated heterocycles. The van der Waals surface area contributed by atoms with Gasteiger partial charge in [-0.2, -0.15) is 0 Å². The van der Waals surface area contributed by atoms with Gasteiger partial charge in [-0.1, -0.05) is 19.1 Å². The van der Waals surface area contributed by atoms with E-state index in [1.54, 1.807) is 24.1 Å². The third-order valence-corrected chi connectivity index (χ3v) is 3.31. The summed E-state index contributed by atoms with van der Waals surface area (Å²) < 4.78 is 5.65. The molecular formula is C14H19NO3. The van der Waals surface area contributed by atoms with Crippen LogP contribution in [0.1, 0.15) is 31.4 Å². The molecule has 1 fully saturated rings. The number of hydrogen-bond acceptors (Lipinski definition) is 3. The molecule has 2 rings (SSSR count). The second-order valence-corrected chi connectivity index (χ2v) is 4.65. The van der Waals surface area contributed by atoms with Crippen molar-refractivity contribution in [3.05, 3.63) is 29.8 Å². The lowest BCUT2D eigenvalue weighted by Crippen LogP contribution is -2.29. The zero-order chi connectivity index (χ0) is 13.1. The molecular weight excluding hydrogens is 230 g/mol. The predicted molar refractivity (Wildman–Crippen MR) is 68.4 cm³/mol. The van der Waals surface area contributed by atoms with E-state index in [1.807, 2.05) is 19.1 Å². The van der Waals surface area contributed by atoms with E-state index in [4.69, 9.17) is 4.74 Å². The first-order valence-corrected chi connectivity index (χ1v) is 6.31. The number of carbonyl (C=O) groups excluding carboxylic acids is 1. The van der Waals surface area contributed by atoms with Crippen LogP contribution < -0.4 is 4.74 Å². The molecule has 1 aliphatic heterocycles. The molecule has 0 bridgehead atoms. The number of rotatable bonds is 4. The molecule has 2 atom stereocenters. The molecule has 1 aromatic carbocycles. The highest BCUT2D eigenvalue weighted by Gasteiger charge is 2.30. The molecule has 2 unspecified atom stereocenters. The average molecular weight is 249 g/mol. The number of carbonyl (C=O) groups is 1. The van der Waals surface area contributed by atoms with Gasteiger partial charge in [0.25, 0.3) is 5.91 Å². The van der Waals surface area contributed by atoms with Gasteiger partial charge in [-0.15, -0.1) is 0 Å². The lowest BCUT2D eigenvalue weighted by Gasteiger charge is -2.14. The molecule has 0 aromatic heterocycles. The highest BCUT2D eigenvalue weighted by molar-refractivity contribution is 5.83. The second-order valence-electron chi connectivity index (χ2n) is 4.65. The highest BCUT2D eigenvalue weighted by Crippen LogP contribution is 2.22. The summed E-state index contributed by atoms with van der Waals surface area (Å²) in [5, 5.41) is 9.68. The van der Waals surface area contributed by atoms with E-state index in [1.165, 1.54) is 0 Å². The smallest absolute Gasteiger partial charge is 0.263 e. The van der Waals surface area contributed by atoms with Crippen LogP contribution in [0.25, 0.3) is 0 Å². The lowest BCUT2D eigenvalue weighted by atomic mass is 10.1. The number of aliphatic hydroxyl groups is 1. The quantitative estimate of drug-likeness (QED) is 0.884. The van der Waals surface area contributed by atoms with Gasteiger partial charge in [-0.25, -0.2) is 0 Å². The Labute approximate surface area is 107 Å². The van der Waals surface area contributed by atoms with Gasteiger partial charge in [0.05, 0.1) is 6.10 Å². The fourth-order valence-electron chi connectivity index (χ4n) is 2.07. The van der Waals surface area contributed by atoms with Crippen molar-refractivity contribution >= 4 is 5.91 Å². The molecule has 1 heterocycles. The van der Waals surface area contributed by atoms with Gasteiger partial charge in [0, 0.05) is 20.0 Å². The van der Waals surface area contributed by atoms with Crippen molar-refractivity contribution < 1.29 is 14.6 Å². The van der Waals surface area contributed by atoms with E-state index < -0.39 is 6.10 Å². The molecule has 1 aromatic rings. The van der Waals surface area contributed by atoms with Gasteiger partial charge in [0.1, 0.15) is 5.75 Å². The van der Waals surface area contributed by atoms with Crippen molar-refractivity contribution in [2.24, 2.45) is 0 Å². The highest BCUT2D eigenvalue weighted by atomic mass is 16.5. The molecule has 18 heavy (non-hydrogen) atoms. The van der Waals surface area contributed by atoms with Crippen molar-refractivity contribution in [1.82, 2.24) is 4.90 Å². The van der Waals surface area contributed by atoms with Gasteiger partial charge < -0.3 is 14.7 Å². The third-order valence-electron chi connectivity index (χ3n) is 3.31. The molecule has 1 aliphatic rings. The van der Waals surface area contributed by atoms with Crippen LogP contribution in [0.2, 0.25) is 0 Å². The van der Waals surface area contributed by atoms with Gasteiger partial charge in [-0.3, -0.25) is 4.79 Å². The van der Waals surface area contributed by atoms with Gasteiger partial charge in [0.2, 0.25) is 0 Å². The van der Waals surface area contributed by atoms with Gasteiger partial charge >= 0.3 is 0 Å². The van der Waals surface area contributed by atoms with Crippen LogP contribution in [0.5, 0.6) is 5.75 Å². The number of amides is 1. The summed E-state index contributed by atoms with van der Waals surface area (Å²) in [5.41, 5.74) is 0.875. The molecule has 0 spiro atoms. The maximum absolute atomic E-state index is 11.7. The summed E-state index contributed by atoms with van der Waals surface area (Å²) in [5.74, 6) is 0.711. The van der Waals surface area contributed by atoms with Crippen LogP contribution in [-0.2, 0) is 4.79 Å². The van der Waals surface area contributed by atoms with Crippen LogP contribution in [0.3, 0.4) is 0 Å². The van der Waals surface area contributed by atoms with Crippen LogP contribution in [0.15, 0.2) is 24.3 Å². The van der Waals surface area contributed by atoms with Gasteiger partial charge in [0.15, 0.2) is 6.10 Å². The Morgan fingerprint density at radius 1 is 1.44 bits per heavy atom. The van der Waals surface area contributed by atoms with E-state index in [0.29, 0.717) is 12.2 Å². The molecule has 1 N–H and O–H groups in total. The van der Waals surface area contributed by atoms with E-state index >= 15 is 0 Å². The van der Waals surface area contributed by atoms with Crippen LogP contribution in [-0.4, -0.2) is 35.6 Å². The van der Waals surface area contributed by atoms with Crippen molar-refractivity contribution in [3.8, 4) is 5.75 Å². The topological polar surface area (TPSA) is 49.8 Å². The summed E-state index contributed by atoms with van der Waals surface area (Å²) in [4.78, 5) is 13.4. The zero-order valence-corrected chi connectivity index (χ0v) is 10.8. The number of nitrogens with zero attached hydrogens (tertiary/aromatic N) is 1. The predicted octanol–water partition coefficient (Wildman–Crippen LogP) is 1.74. The maximum Gasteiger partial charge on any atom is 0.263 e. The molecule has 4 heteroatoms. The Hall–Kier alpha value is -1.55. The Morgan fingerprint density at radius 2 is 2.11 bits per heavy atom. The lowest BCUT2D eigenvalue weighted by molar-refractivity contribution is -0.132. The molecule has 0 radical (unpaired) electrons. The molecule has 0 saturated carbocycles. The summed E-state index contributed by atoms with van der Waals surface area (Å²) in [7, 11) is 1.78. The van der Waals surface area contributed by atoms with Crippen molar-refractivity contribution in [1.29, 1.82) is 0 Å². The minimum Gasteiger partial charge on any atom is -0.481 e. The maximum atomic E-state index is 11.7. The van der Waals surface area contributed by atoms with Crippen LogP contribution >= 0.6 is 0 Å². The van der Waals surface area contributed by atoms with Crippen molar-refractivity contribution in [2.45, 2.75) is 32.0 Å².